The largest absolute Gasteiger partial charge is 0.357 e. The van der Waals surface area contributed by atoms with Crippen LogP contribution in [0.1, 0.15) is 43.4 Å². The number of aliphatic imine (C=N–C) groups is 1. The van der Waals surface area contributed by atoms with Gasteiger partial charge >= 0.3 is 0 Å². The number of nitrogens with zero attached hydrogens (tertiary/aromatic N) is 4. The number of aromatic nitrogens is 3. The van der Waals surface area contributed by atoms with Crippen LogP contribution in [0.3, 0.4) is 0 Å². The lowest BCUT2D eigenvalue weighted by Gasteiger charge is -2.11. The maximum atomic E-state index is 4.77. The maximum Gasteiger partial charge on any atom is 0.191 e. The molecule has 26 heavy (non-hydrogen) atoms. The van der Waals surface area contributed by atoms with E-state index in [2.05, 4.69) is 41.5 Å². The van der Waals surface area contributed by atoms with Crippen LogP contribution in [0.5, 0.6) is 0 Å². The van der Waals surface area contributed by atoms with E-state index in [9.17, 15) is 0 Å². The predicted molar refractivity (Wildman–Crippen MR) is 118 cm³/mol. The summed E-state index contributed by atoms with van der Waals surface area (Å²) in [5.74, 6) is 0.839. The normalized spacial score (nSPS) is 11.2. The molecule has 0 fully saturated rings. The van der Waals surface area contributed by atoms with Crippen molar-refractivity contribution in [2.75, 3.05) is 13.1 Å². The molecule has 0 aliphatic carbocycles. The van der Waals surface area contributed by atoms with Crippen LogP contribution in [0.4, 0.5) is 0 Å². The summed E-state index contributed by atoms with van der Waals surface area (Å²) in [5, 5.41) is 11.3. The van der Waals surface area contributed by atoms with Gasteiger partial charge in [-0.1, -0.05) is 19.9 Å². The molecule has 0 aliphatic rings. The third kappa shape index (κ3) is 6.26. The van der Waals surface area contributed by atoms with Crippen LogP contribution in [0.15, 0.2) is 29.4 Å². The maximum absolute atomic E-state index is 4.77. The number of hydrogen-bond donors (Lipinski definition) is 2. The van der Waals surface area contributed by atoms with Gasteiger partial charge in [-0.3, -0.25) is 9.67 Å². The topological polar surface area (TPSA) is 67.1 Å². The first-order chi connectivity index (χ1) is 12.2. The highest BCUT2D eigenvalue weighted by Gasteiger charge is 2.13. The monoisotopic (exact) mass is 470 g/mol. The van der Waals surface area contributed by atoms with E-state index >= 15 is 0 Å². The van der Waals surface area contributed by atoms with Gasteiger partial charge in [0.2, 0.25) is 0 Å². The molecule has 0 atom stereocenters. The average molecular weight is 470 g/mol. The fourth-order valence-electron chi connectivity index (χ4n) is 2.93. The molecule has 0 radical (unpaired) electrons. The summed E-state index contributed by atoms with van der Waals surface area (Å²) in [7, 11) is 2.02. The molecule has 2 aromatic heterocycles. The van der Waals surface area contributed by atoms with Crippen molar-refractivity contribution in [3.8, 4) is 0 Å². The number of halogens is 1. The van der Waals surface area contributed by atoms with Gasteiger partial charge in [-0.15, -0.1) is 24.0 Å². The smallest absolute Gasteiger partial charge is 0.191 e. The number of hydrogen-bond acceptors (Lipinski definition) is 3. The molecule has 7 heteroatoms. The molecule has 2 rings (SSSR count). The first-order valence-corrected chi connectivity index (χ1v) is 9.15. The molecule has 6 nitrogen and oxygen atoms in total. The lowest BCUT2D eigenvalue weighted by atomic mass is 10.1. The molecule has 2 aromatic rings. The van der Waals surface area contributed by atoms with Gasteiger partial charge < -0.3 is 10.6 Å². The minimum atomic E-state index is 0. The molecule has 0 saturated carbocycles. The van der Waals surface area contributed by atoms with Gasteiger partial charge in [0.25, 0.3) is 0 Å². The summed E-state index contributed by atoms with van der Waals surface area (Å²) in [5.41, 5.74) is 4.76. The first-order valence-electron chi connectivity index (χ1n) is 9.15. The van der Waals surface area contributed by atoms with E-state index in [0.29, 0.717) is 6.54 Å². The van der Waals surface area contributed by atoms with Crippen LogP contribution in [0.25, 0.3) is 0 Å². The summed E-state index contributed by atoms with van der Waals surface area (Å²) in [6.45, 7) is 8.68. The number of aryl methyl sites for hydroxylation is 2. The van der Waals surface area contributed by atoms with Crippen molar-refractivity contribution in [1.29, 1.82) is 0 Å². The third-order valence-electron chi connectivity index (χ3n) is 4.17. The molecular formula is C19H31IN6. The van der Waals surface area contributed by atoms with Crippen molar-refractivity contribution in [2.45, 2.75) is 46.6 Å². The van der Waals surface area contributed by atoms with Gasteiger partial charge in [-0.2, -0.15) is 5.10 Å². The average Bonchev–Trinajstić information content (AvgIpc) is 2.95. The standard InChI is InChI=1S/C19H30N6.HI/c1-5-17-16(18(6-2)25(4)24-17)14-23-19(20-7-3)22-13-11-15-10-8-9-12-21-15;/h8-10,12H,5-7,11,13-14H2,1-4H3,(H2,20,22,23);1H. The Hall–Kier alpha value is -1.64. The van der Waals surface area contributed by atoms with Gasteiger partial charge in [0.1, 0.15) is 0 Å². The molecule has 0 unspecified atom stereocenters. The highest BCUT2D eigenvalue weighted by Crippen LogP contribution is 2.16. The van der Waals surface area contributed by atoms with Gasteiger partial charge in [-0.05, 0) is 31.9 Å². The van der Waals surface area contributed by atoms with Gasteiger partial charge in [0, 0.05) is 49.7 Å². The molecular weight excluding hydrogens is 439 g/mol. The van der Waals surface area contributed by atoms with E-state index in [4.69, 9.17) is 4.99 Å². The molecule has 0 aromatic carbocycles. The van der Waals surface area contributed by atoms with Crippen LogP contribution in [-0.2, 0) is 32.9 Å². The third-order valence-corrected chi connectivity index (χ3v) is 4.17. The summed E-state index contributed by atoms with van der Waals surface area (Å²) in [4.78, 5) is 9.12. The van der Waals surface area contributed by atoms with Crippen molar-refractivity contribution in [3.05, 3.63) is 47.0 Å². The van der Waals surface area contributed by atoms with E-state index in [0.717, 1.165) is 49.7 Å². The molecule has 0 amide bonds. The van der Waals surface area contributed by atoms with Crippen molar-refractivity contribution in [1.82, 2.24) is 25.4 Å². The van der Waals surface area contributed by atoms with E-state index < -0.39 is 0 Å². The van der Waals surface area contributed by atoms with E-state index in [1.807, 2.05) is 36.1 Å². The number of guanidine groups is 1. The van der Waals surface area contributed by atoms with Gasteiger partial charge in [0.15, 0.2) is 5.96 Å². The van der Waals surface area contributed by atoms with E-state index in [1.165, 1.54) is 11.3 Å². The Morgan fingerprint density at radius 3 is 2.58 bits per heavy atom. The zero-order valence-corrected chi connectivity index (χ0v) is 18.6. The predicted octanol–water partition coefficient (Wildman–Crippen LogP) is 2.86. The van der Waals surface area contributed by atoms with Crippen molar-refractivity contribution < 1.29 is 0 Å². The van der Waals surface area contributed by atoms with Gasteiger partial charge in [-0.25, -0.2) is 4.99 Å². The minimum Gasteiger partial charge on any atom is -0.357 e. The van der Waals surface area contributed by atoms with Crippen LogP contribution < -0.4 is 10.6 Å². The van der Waals surface area contributed by atoms with Crippen LogP contribution >= 0.6 is 24.0 Å². The molecule has 2 heterocycles. The number of nitrogens with one attached hydrogen (secondary N) is 2. The second kappa shape index (κ2) is 11.9. The molecule has 0 saturated heterocycles. The van der Waals surface area contributed by atoms with Gasteiger partial charge in [0.05, 0.1) is 12.2 Å². The van der Waals surface area contributed by atoms with Crippen molar-refractivity contribution in [3.63, 3.8) is 0 Å². The van der Waals surface area contributed by atoms with Crippen LogP contribution in [0.2, 0.25) is 0 Å². The lowest BCUT2D eigenvalue weighted by Crippen LogP contribution is -2.38. The molecule has 0 bridgehead atoms. The van der Waals surface area contributed by atoms with Crippen molar-refractivity contribution in [2.24, 2.45) is 12.0 Å². The zero-order chi connectivity index (χ0) is 18.1. The zero-order valence-electron chi connectivity index (χ0n) is 16.2. The Labute approximate surface area is 173 Å². The summed E-state index contributed by atoms with van der Waals surface area (Å²) in [6.07, 6.45) is 4.61. The Bertz CT molecular complexity index is 681. The Morgan fingerprint density at radius 2 is 1.96 bits per heavy atom. The fraction of sp³-hybridized carbons (Fsp3) is 0.526. The molecule has 144 valence electrons. The SMILES string of the molecule is CCNC(=NCc1c(CC)nn(C)c1CC)NCCc1ccccn1.I. The minimum absolute atomic E-state index is 0. The molecule has 0 spiro atoms. The van der Waals surface area contributed by atoms with Crippen molar-refractivity contribution >= 4 is 29.9 Å². The molecule has 0 aliphatic heterocycles. The highest BCUT2D eigenvalue weighted by molar-refractivity contribution is 14.0. The second-order valence-corrected chi connectivity index (χ2v) is 5.90. The summed E-state index contributed by atoms with van der Waals surface area (Å²) < 4.78 is 1.99. The quantitative estimate of drug-likeness (QED) is 0.354. The number of pyridine rings is 1. The van der Waals surface area contributed by atoms with Crippen LogP contribution in [-0.4, -0.2) is 33.8 Å². The Kier molecular flexibility index (Phi) is 10.2. The first kappa shape index (κ1) is 22.4. The van der Waals surface area contributed by atoms with E-state index in [-0.39, 0.29) is 24.0 Å². The van der Waals surface area contributed by atoms with Crippen LogP contribution in [0, 0.1) is 0 Å². The lowest BCUT2D eigenvalue weighted by molar-refractivity contribution is 0.703. The summed E-state index contributed by atoms with van der Waals surface area (Å²) >= 11 is 0. The Balaban J connectivity index is 0.00000338. The summed E-state index contributed by atoms with van der Waals surface area (Å²) in [6, 6.07) is 6.00. The van der Waals surface area contributed by atoms with E-state index in [1.54, 1.807) is 0 Å². The second-order valence-electron chi connectivity index (χ2n) is 5.90. The number of rotatable bonds is 8. The Morgan fingerprint density at radius 1 is 1.15 bits per heavy atom. The fourth-order valence-corrected chi connectivity index (χ4v) is 2.93. The molecule has 2 N–H and O–H groups in total. The highest BCUT2D eigenvalue weighted by atomic mass is 127.